The summed E-state index contributed by atoms with van der Waals surface area (Å²) in [5, 5.41) is 13.1. The summed E-state index contributed by atoms with van der Waals surface area (Å²) in [6.07, 6.45) is 9.43. The number of allylic oxidation sites excluding steroid dienone is 1. The van der Waals surface area contributed by atoms with Gasteiger partial charge in [-0.15, -0.1) is 0 Å². The molecule has 1 heterocycles. The lowest BCUT2D eigenvalue weighted by Crippen LogP contribution is -2.58. The van der Waals surface area contributed by atoms with E-state index in [9.17, 15) is 0 Å². The van der Waals surface area contributed by atoms with E-state index in [0.717, 1.165) is 38.8 Å². The molecular weight excluding hydrogens is 446 g/mol. The van der Waals surface area contributed by atoms with E-state index in [1.165, 1.54) is 48.2 Å². The first-order valence-corrected chi connectivity index (χ1v) is 14.2. The standard InChI is InChI=1S/C31H43N3O2/c1-20-10-11-24-23-18-27(33-35-4)29-28(21-8-6-5-7-9-21)26(34-36-22-14-17-32-19-22)13-16-31(29,3)25(23)12-15-30(20,24)2/h5-9,22-25,28-29,32H,1,10-19H2,2-4H3/t22?,23?,24?,25?,28?,29?,30-,31-/m1/s1. The minimum atomic E-state index is 0.167. The molecule has 5 heteroatoms. The summed E-state index contributed by atoms with van der Waals surface area (Å²) in [6, 6.07) is 11.0. The van der Waals surface area contributed by atoms with E-state index in [2.05, 4.69) is 56.1 Å². The molecule has 5 nitrogen and oxygen atoms in total. The van der Waals surface area contributed by atoms with Crippen LogP contribution in [0.5, 0.6) is 0 Å². The Labute approximate surface area is 216 Å². The number of hydrogen-bond acceptors (Lipinski definition) is 5. The fraction of sp³-hybridized carbons (Fsp3) is 0.677. The molecule has 0 aromatic heterocycles. The fourth-order valence-electron chi connectivity index (χ4n) is 9.16. The highest BCUT2D eigenvalue weighted by Crippen LogP contribution is 2.67. The van der Waals surface area contributed by atoms with Crippen molar-refractivity contribution < 1.29 is 9.68 Å². The second kappa shape index (κ2) is 9.31. The molecule has 4 saturated carbocycles. The molecular formula is C31H43N3O2. The quantitative estimate of drug-likeness (QED) is 0.397. The number of oxime groups is 2. The van der Waals surface area contributed by atoms with Crippen molar-refractivity contribution >= 4 is 11.4 Å². The summed E-state index contributed by atoms with van der Waals surface area (Å²) in [7, 11) is 1.71. The van der Waals surface area contributed by atoms with Crippen LogP contribution < -0.4 is 5.32 Å². The molecule has 1 aliphatic heterocycles. The Balaban J connectivity index is 1.41. The Morgan fingerprint density at radius 1 is 0.972 bits per heavy atom. The van der Waals surface area contributed by atoms with Gasteiger partial charge >= 0.3 is 0 Å². The molecule has 6 unspecified atom stereocenters. The smallest absolute Gasteiger partial charge is 0.141 e. The summed E-state index contributed by atoms with van der Waals surface area (Å²) in [6.45, 7) is 11.5. The third-order valence-corrected chi connectivity index (χ3v) is 11.1. The summed E-state index contributed by atoms with van der Waals surface area (Å²) in [4.78, 5) is 11.7. The monoisotopic (exact) mass is 489 g/mol. The van der Waals surface area contributed by atoms with Crippen LogP contribution in [0.25, 0.3) is 0 Å². The van der Waals surface area contributed by atoms with Crippen LogP contribution in [0.2, 0.25) is 0 Å². The molecule has 6 rings (SSSR count). The maximum Gasteiger partial charge on any atom is 0.141 e. The molecule has 0 radical (unpaired) electrons. The zero-order valence-electron chi connectivity index (χ0n) is 22.3. The third-order valence-electron chi connectivity index (χ3n) is 11.1. The van der Waals surface area contributed by atoms with Gasteiger partial charge in [0.05, 0.1) is 11.4 Å². The van der Waals surface area contributed by atoms with E-state index < -0.39 is 0 Å². The van der Waals surface area contributed by atoms with E-state index in [4.69, 9.17) is 20.0 Å². The number of nitrogens with zero attached hydrogens (tertiary/aromatic N) is 2. The van der Waals surface area contributed by atoms with E-state index >= 15 is 0 Å². The van der Waals surface area contributed by atoms with Crippen molar-refractivity contribution in [2.45, 2.75) is 77.2 Å². The molecule has 0 bridgehead atoms. The molecule has 36 heavy (non-hydrogen) atoms. The molecule has 194 valence electrons. The lowest BCUT2D eigenvalue weighted by molar-refractivity contribution is -0.0511. The topological polar surface area (TPSA) is 55.2 Å². The van der Waals surface area contributed by atoms with Crippen LogP contribution in [0.3, 0.4) is 0 Å². The Morgan fingerprint density at radius 3 is 2.56 bits per heavy atom. The highest BCUT2D eigenvalue weighted by molar-refractivity contribution is 6.00. The van der Waals surface area contributed by atoms with Gasteiger partial charge in [0.15, 0.2) is 0 Å². The Hall–Kier alpha value is -2.14. The number of rotatable bonds is 4. The van der Waals surface area contributed by atoms with Crippen molar-refractivity contribution in [3.63, 3.8) is 0 Å². The molecule has 5 fully saturated rings. The average Bonchev–Trinajstić information content (AvgIpc) is 3.51. The van der Waals surface area contributed by atoms with Crippen molar-refractivity contribution in [3.8, 4) is 0 Å². The van der Waals surface area contributed by atoms with Crippen molar-refractivity contribution in [2.75, 3.05) is 20.2 Å². The van der Waals surface area contributed by atoms with E-state index in [0.29, 0.717) is 23.2 Å². The van der Waals surface area contributed by atoms with Crippen LogP contribution in [0, 0.1) is 34.5 Å². The van der Waals surface area contributed by atoms with Gasteiger partial charge in [-0.3, -0.25) is 0 Å². The number of benzene rings is 1. The molecule has 0 spiro atoms. The van der Waals surface area contributed by atoms with Gasteiger partial charge in [0.2, 0.25) is 0 Å². The third kappa shape index (κ3) is 3.76. The maximum absolute atomic E-state index is 6.14. The highest BCUT2D eigenvalue weighted by atomic mass is 16.6. The van der Waals surface area contributed by atoms with Crippen molar-refractivity contribution in [2.24, 2.45) is 44.8 Å². The number of nitrogens with one attached hydrogen (secondary N) is 1. The molecule has 1 N–H and O–H groups in total. The Bertz CT molecular complexity index is 1050. The van der Waals surface area contributed by atoms with E-state index in [-0.39, 0.29) is 23.4 Å². The zero-order valence-corrected chi connectivity index (χ0v) is 22.3. The number of fused-ring (bicyclic) bond motifs is 5. The summed E-state index contributed by atoms with van der Waals surface area (Å²) >= 11 is 0. The first kappa shape index (κ1) is 24.2. The second-order valence-corrected chi connectivity index (χ2v) is 12.6. The predicted molar refractivity (Wildman–Crippen MR) is 145 cm³/mol. The van der Waals surface area contributed by atoms with E-state index in [1.807, 2.05) is 0 Å². The van der Waals surface area contributed by atoms with Gasteiger partial charge < -0.3 is 15.0 Å². The van der Waals surface area contributed by atoms with Crippen LogP contribution in [-0.4, -0.2) is 37.7 Å². The predicted octanol–water partition coefficient (Wildman–Crippen LogP) is 6.33. The van der Waals surface area contributed by atoms with Gasteiger partial charge in [0.1, 0.15) is 13.2 Å². The molecule has 8 atom stereocenters. The summed E-state index contributed by atoms with van der Waals surface area (Å²) in [5.41, 5.74) is 5.71. The maximum atomic E-state index is 6.14. The van der Waals surface area contributed by atoms with Crippen LogP contribution in [0.1, 0.15) is 76.7 Å². The lowest BCUT2D eigenvalue weighted by Gasteiger charge is -2.61. The van der Waals surface area contributed by atoms with Crippen molar-refractivity contribution in [1.29, 1.82) is 0 Å². The molecule has 1 aromatic carbocycles. The van der Waals surface area contributed by atoms with Gasteiger partial charge in [-0.25, -0.2) is 0 Å². The summed E-state index contributed by atoms with van der Waals surface area (Å²) in [5.74, 6) is 2.55. The second-order valence-electron chi connectivity index (χ2n) is 12.6. The minimum absolute atomic E-state index is 0.167. The minimum Gasteiger partial charge on any atom is -0.399 e. The Morgan fingerprint density at radius 2 is 1.81 bits per heavy atom. The Kier molecular flexibility index (Phi) is 6.26. The first-order valence-electron chi connectivity index (χ1n) is 14.2. The van der Waals surface area contributed by atoms with Gasteiger partial charge in [-0.1, -0.05) is 66.6 Å². The van der Waals surface area contributed by atoms with Crippen LogP contribution in [-0.2, 0) is 9.68 Å². The average molecular weight is 490 g/mol. The molecule has 5 aliphatic rings. The molecule has 4 aliphatic carbocycles. The zero-order chi connectivity index (χ0) is 24.9. The molecule has 1 aromatic rings. The number of hydrogen-bond donors (Lipinski definition) is 1. The SMILES string of the molecule is C=C1CCC2C3CC(=NOC)C4C(c5ccccc5)C(=NOC5CCNC5)CC[C@]4(C)C3CC[C@]12C. The summed E-state index contributed by atoms with van der Waals surface area (Å²) < 4.78 is 0. The van der Waals surface area contributed by atoms with Crippen molar-refractivity contribution in [1.82, 2.24) is 5.32 Å². The first-order chi connectivity index (χ1) is 17.5. The lowest BCUT2D eigenvalue weighted by atomic mass is 9.42. The van der Waals surface area contributed by atoms with Gasteiger partial charge in [0.25, 0.3) is 0 Å². The van der Waals surface area contributed by atoms with Crippen LogP contribution in [0.4, 0.5) is 0 Å². The molecule has 1 saturated heterocycles. The van der Waals surface area contributed by atoms with Crippen molar-refractivity contribution in [3.05, 3.63) is 48.0 Å². The van der Waals surface area contributed by atoms with Gasteiger partial charge in [-0.05, 0) is 85.6 Å². The van der Waals surface area contributed by atoms with Crippen LogP contribution in [0.15, 0.2) is 52.8 Å². The van der Waals surface area contributed by atoms with Crippen LogP contribution >= 0.6 is 0 Å². The normalized spacial score (nSPS) is 44.2. The highest BCUT2D eigenvalue weighted by Gasteiger charge is 2.62. The fourth-order valence-corrected chi connectivity index (χ4v) is 9.16. The largest absolute Gasteiger partial charge is 0.399 e. The molecule has 0 amide bonds. The van der Waals surface area contributed by atoms with Gasteiger partial charge in [0, 0.05) is 24.8 Å². The van der Waals surface area contributed by atoms with E-state index in [1.54, 1.807) is 7.11 Å². The van der Waals surface area contributed by atoms with Gasteiger partial charge in [-0.2, -0.15) is 0 Å².